The van der Waals surface area contributed by atoms with Crippen molar-refractivity contribution in [2.75, 3.05) is 31.1 Å². The summed E-state index contributed by atoms with van der Waals surface area (Å²) in [6.07, 6.45) is 3.24. The maximum atomic E-state index is 13.0. The molecule has 3 aromatic rings. The SMILES string of the molecule is N#Cc1cccnc1N1CCN(C(=O)c2occc2-c2ccccc2)CC1. The van der Waals surface area contributed by atoms with E-state index in [9.17, 15) is 10.1 Å². The number of amides is 1. The van der Waals surface area contributed by atoms with Gasteiger partial charge in [0.1, 0.15) is 11.9 Å². The van der Waals surface area contributed by atoms with Gasteiger partial charge in [0.2, 0.25) is 0 Å². The largest absolute Gasteiger partial charge is 0.459 e. The van der Waals surface area contributed by atoms with Gasteiger partial charge in [-0.3, -0.25) is 4.79 Å². The molecule has 134 valence electrons. The molecule has 1 aromatic carbocycles. The van der Waals surface area contributed by atoms with Crippen molar-refractivity contribution in [2.45, 2.75) is 0 Å². The summed E-state index contributed by atoms with van der Waals surface area (Å²) >= 11 is 0. The van der Waals surface area contributed by atoms with Crippen molar-refractivity contribution in [2.24, 2.45) is 0 Å². The van der Waals surface area contributed by atoms with Crippen molar-refractivity contribution in [1.82, 2.24) is 9.88 Å². The van der Waals surface area contributed by atoms with Crippen molar-refractivity contribution in [3.8, 4) is 17.2 Å². The summed E-state index contributed by atoms with van der Waals surface area (Å²) in [6.45, 7) is 2.35. The molecule has 0 N–H and O–H groups in total. The van der Waals surface area contributed by atoms with E-state index in [4.69, 9.17) is 4.42 Å². The number of pyridine rings is 1. The number of piperazine rings is 1. The third kappa shape index (κ3) is 3.27. The third-order valence-electron chi connectivity index (χ3n) is 4.72. The highest BCUT2D eigenvalue weighted by Crippen LogP contribution is 2.26. The first-order valence-electron chi connectivity index (χ1n) is 8.80. The monoisotopic (exact) mass is 358 g/mol. The minimum absolute atomic E-state index is 0.111. The van der Waals surface area contributed by atoms with Crippen molar-refractivity contribution >= 4 is 11.7 Å². The quantitative estimate of drug-likeness (QED) is 0.719. The van der Waals surface area contributed by atoms with Crippen LogP contribution < -0.4 is 4.90 Å². The zero-order chi connectivity index (χ0) is 18.6. The summed E-state index contributed by atoms with van der Waals surface area (Å²) in [5, 5.41) is 9.26. The Morgan fingerprint density at radius 2 is 1.81 bits per heavy atom. The van der Waals surface area contributed by atoms with Crippen LogP contribution in [0.25, 0.3) is 11.1 Å². The predicted molar refractivity (Wildman–Crippen MR) is 101 cm³/mol. The molecule has 6 heteroatoms. The van der Waals surface area contributed by atoms with Gasteiger partial charge in [-0.1, -0.05) is 30.3 Å². The van der Waals surface area contributed by atoms with Gasteiger partial charge in [0.15, 0.2) is 5.76 Å². The van der Waals surface area contributed by atoms with Crippen LogP contribution in [0.1, 0.15) is 16.1 Å². The van der Waals surface area contributed by atoms with Gasteiger partial charge in [0, 0.05) is 37.9 Å². The van der Waals surface area contributed by atoms with Crippen LogP contribution in [0.3, 0.4) is 0 Å². The molecule has 3 heterocycles. The van der Waals surface area contributed by atoms with E-state index in [1.54, 1.807) is 29.5 Å². The molecule has 0 bridgehead atoms. The number of nitriles is 1. The molecule has 0 aliphatic carbocycles. The number of aromatic nitrogens is 1. The van der Waals surface area contributed by atoms with Crippen LogP contribution >= 0.6 is 0 Å². The molecule has 2 aromatic heterocycles. The van der Waals surface area contributed by atoms with E-state index in [0.29, 0.717) is 43.3 Å². The van der Waals surface area contributed by atoms with E-state index in [1.807, 2.05) is 41.3 Å². The highest BCUT2D eigenvalue weighted by Gasteiger charge is 2.27. The summed E-state index contributed by atoms with van der Waals surface area (Å²) in [6, 6.07) is 17.3. The minimum Gasteiger partial charge on any atom is -0.459 e. The fourth-order valence-corrected chi connectivity index (χ4v) is 3.32. The Morgan fingerprint density at radius 1 is 1.04 bits per heavy atom. The molecule has 1 saturated heterocycles. The van der Waals surface area contributed by atoms with E-state index in [-0.39, 0.29) is 5.91 Å². The van der Waals surface area contributed by atoms with Gasteiger partial charge in [0.25, 0.3) is 5.91 Å². The Kier molecular flexibility index (Phi) is 4.58. The number of anilines is 1. The van der Waals surface area contributed by atoms with Gasteiger partial charge in [-0.15, -0.1) is 0 Å². The molecule has 0 atom stereocenters. The molecule has 4 rings (SSSR count). The number of benzene rings is 1. The molecule has 0 spiro atoms. The molecule has 6 nitrogen and oxygen atoms in total. The van der Waals surface area contributed by atoms with E-state index >= 15 is 0 Å². The maximum absolute atomic E-state index is 13.0. The van der Waals surface area contributed by atoms with Crippen LogP contribution in [0, 0.1) is 11.3 Å². The summed E-state index contributed by atoms with van der Waals surface area (Å²) in [5.41, 5.74) is 2.31. The third-order valence-corrected chi connectivity index (χ3v) is 4.72. The van der Waals surface area contributed by atoms with Crippen LogP contribution in [0.5, 0.6) is 0 Å². The topological polar surface area (TPSA) is 73.4 Å². The first kappa shape index (κ1) is 16.9. The lowest BCUT2D eigenvalue weighted by molar-refractivity contribution is 0.0715. The fourth-order valence-electron chi connectivity index (χ4n) is 3.32. The Balaban J connectivity index is 1.49. The standard InChI is InChI=1S/C21H18N4O2/c22-15-17-7-4-9-23-20(17)24-10-12-25(13-11-24)21(26)19-18(8-14-27-19)16-5-2-1-3-6-16/h1-9,14H,10-13H2. The van der Waals surface area contributed by atoms with E-state index in [2.05, 4.69) is 11.1 Å². The average molecular weight is 358 g/mol. The Hall–Kier alpha value is -3.59. The van der Waals surface area contributed by atoms with Crippen LogP contribution in [0.2, 0.25) is 0 Å². The Morgan fingerprint density at radius 3 is 2.56 bits per heavy atom. The Bertz CT molecular complexity index is 983. The Labute approximate surface area is 157 Å². The number of carbonyl (C=O) groups is 1. The first-order valence-corrected chi connectivity index (χ1v) is 8.80. The lowest BCUT2D eigenvalue weighted by Gasteiger charge is -2.35. The second-order valence-corrected chi connectivity index (χ2v) is 6.30. The molecule has 1 aliphatic rings. The highest BCUT2D eigenvalue weighted by atomic mass is 16.3. The van der Waals surface area contributed by atoms with Gasteiger partial charge < -0.3 is 14.2 Å². The number of nitrogens with zero attached hydrogens (tertiary/aromatic N) is 4. The molecule has 0 saturated carbocycles. The molecule has 1 amide bonds. The minimum atomic E-state index is -0.111. The van der Waals surface area contributed by atoms with Gasteiger partial charge in [-0.05, 0) is 23.8 Å². The van der Waals surface area contributed by atoms with Gasteiger partial charge >= 0.3 is 0 Å². The van der Waals surface area contributed by atoms with E-state index < -0.39 is 0 Å². The van der Waals surface area contributed by atoms with Gasteiger partial charge in [-0.25, -0.2) is 4.98 Å². The van der Waals surface area contributed by atoms with Crippen molar-refractivity contribution in [3.05, 3.63) is 72.3 Å². The summed E-state index contributed by atoms with van der Waals surface area (Å²) in [7, 11) is 0. The van der Waals surface area contributed by atoms with Crippen molar-refractivity contribution < 1.29 is 9.21 Å². The molecule has 27 heavy (non-hydrogen) atoms. The fraction of sp³-hybridized carbons (Fsp3) is 0.190. The molecule has 0 radical (unpaired) electrons. The number of hydrogen-bond donors (Lipinski definition) is 0. The van der Waals surface area contributed by atoms with Crippen LogP contribution in [0.4, 0.5) is 5.82 Å². The maximum Gasteiger partial charge on any atom is 0.290 e. The summed E-state index contributed by atoms with van der Waals surface area (Å²) in [5.74, 6) is 0.931. The average Bonchev–Trinajstić information content (AvgIpc) is 3.24. The van der Waals surface area contributed by atoms with Crippen molar-refractivity contribution in [1.29, 1.82) is 5.26 Å². The van der Waals surface area contributed by atoms with E-state index in [0.717, 1.165) is 11.1 Å². The van der Waals surface area contributed by atoms with Gasteiger partial charge in [0.05, 0.1) is 11.8 Å². The predicted octanol–water partition coefficient (Wildman–Crippen LogP) is 3.18. The summed E-state index contributed by atoms with van der Waals surface area (Å²) in [4.78, 5) is 21.1. The zero-order valence-electron chi connectivity index (χ0n) is 14.7. The highest BCUT2D eigenvalue weighted by molar-refractivity contribution is 5.98. The molecular weight excluding hydrogens is 340 g/mol. The lowest BCUT2D eigenvalue weighted by atomic mass is 10.1. The van der Waals surface area contributed by atoms with Crippen molar-refractivity contribution in [3.63, 3.8) is 0 Å². The van der Waals surface area contributed by atoms with Gasteiger partial charge in [-0.2, -0.15) is 5.26 Å². The molecule has 1 aliphatic heterocycles. The second kappa shape index (κ2) is 7.34. The lowest BCUT2D eigenvalue weighted by Crippen LogP contribution is -2.49. The van der Waals surface area contributed by atoms with E-state index in [1.165, 1.54) is 0 Å². The number of furan rings is 1. The summed E-state index contributed by atoms with van der Waals surface area (Å²) < 4.78 is 5.52. The van der Waals surface area contributed by atoms with Crippen LogP contribution in [-0.4, -0.2) is 42.0 Å². The number of hydrogen-bond acceptors (Lipinski definition) is 5. The molecular formula is C21H18N4O2. The van der Waals surface area contributed by atoms with Crippen LogP contribution in [-0.2, 0) is 0 Å². The second-order valence-electron chi connectivity index (χ2n) is 6.30. The normalized spacial score (nSPS) is 14.0. The smallest absolute Gasteiger partial charge is 0.290 e. The zero-order valence-corrected chi connectivity index (χ0v) is 14.7. The molecule has 0 unspecified atom stereocenters. The number of rotatable bonds is 3. The first-order chi connectivity index (χ1) is 13.3. The number of carbonyl (C=O) groups excluding carboxylic acids is 1. The molecule has 1 fully saturated rings. The van der Waals surface area contributed by atoms with Crippen LogP contribution in [0.15, 0.2) is 65.4 Å².